The zero-order valence-corrected chi connectivity index (χ0v) is 11.4. The molecular formula is C13H22N4O. The molecular weight excluding hydrogens is 228 g/mol. The second kappa shape index (κ2) is 6.00. The molecule has 0 saturated carbocycles. The fourth-order valence-corrected chi connectivity index (χ4v) is 2.27. The molecule has 1 N–H and O–H groups in total. The summed E-state index contributed by atoms with van der Waals surface area (Å²) >= 11 is 0. The van der Waals surface area contributed by atoms with Crippen LogP contribution in [0.5, 0.6) is 0 Å². The summed E-state index contributed by atoms with van der Waals surface area (Å²) in [7, 11) is 0. The van der Waals surface area contributed by atoms with Gasteiger partial charge in [-0.1, -0.05) is 6.92 Å². The first-order valence-corrected chi connectivity index (χ1v) is 6.68. The van der Waals surface area contributed by atoms with Crippen LogP contribution >= 0.6 is 0 Å². The normalized spacial score (nSPS) is 19.9. The quantitative estimate of drug-likeness (QED) is 0.883. The lowest BCUT2D eigenvalue weighted by Crippen LogP contribution is -2.45. The van der Waals surface area contributed by atoms with Crippen molar-refractivity contribution in [2.24, 2.45) is 0 Å². The highest BCUT2D eigenvalue weighted by atomic mass is 16.5. The minimum atomic E-state index is 0.419. The smallest absolute Gasteiger partial charge is 0.134 e. The number of anilines is 2. The van der Waals surface area contributed by atoms with E-state index in [1.807, 2.05) is 13.0 Å². The van der Waals surface area contributed by atoms with E-state index in [4.69, 9.17) is 4.74 Å². The molecule has 1 saturated heterocycles. The molecule has 1 aromatic heterocycles. The molecule has 18 heavy (non-hydrogen) atoms. The predicted molar refractivity (Wildman–Crippen MR) is 73.2 cm³/mol. The lowest BCUT2D eigenvalue weighted by atomic mass is 10.2. The number of rotatable bonds is 4. The van der Waals surface area contributed by atoms with E-state index in [0.29, 0.717) is 6.04 Å². The number of aryl methyl sites for hydroxylation is 1. The summed E-state index contributed by atoms with van der Waals surface area (Å²) in [5.41, 5.74) is 0. The summed E-state index contributed by atoms with van der Waals surface area (Å²) in [6, 6.07) is 2.45. The zero-order valence-electron chi connectivity index (χ0n) is 11.4. The SMILES string of the molecule is CCNc1cc(N2CCOCC2CC)nc(C)n1. The van der Waals surface area contributed by atoms with Crippen molar-refractivity contribution in [3.8, 4) is 0 Å². The molecule has 0 spiro atoms. The highest BCUT2D eigenvalue weighted by molar-refractivity contribution is 5.50. The second-order valence-corrected chi connectivity index (χ2v) is 4.52. The summed E-state index contributed by atoms with van der Waals surface area (Å²) in [6.45, 7) is 9.53. The average Bonchev–Trinajstić information content (AvgIpc) is 2.38. The highest BCUT2D eigenvalue weighted by Gasteiger charge is 2.23. The standard InChI is InChI=1S/C13H22N4O/c1-4-11-9-18-7-6-17(11)13-8-12(14-5-2)15-10(3)16-13/h8,11H,4-7,9H2,1-3H3,(H,14,15,16). The summed E-state index contributed by atoms with van der Waals surface area (Å²) in [4.78, 5) is 11.3. The van der Waals surface area contributed by atoms with Gasteiger partial charge in [0, 0.05) is 19.2 Å². The summed E-state index contributed by atoms with van der Waals surface area (Å²) in [5, 5.41) is 3.25. The van der Waals surface area contributed by atoms with Gasteiger partial charge in [-0.3, -0.25) is 0 Å². The predicted octanol–water partition coefficient (Wildman–Crippen LogP) is 1.83. The minimum Gasteiger partial charge on any atom is -0.377 e. The summed E-state index contributed by atoms with van der Waals surface area (Å²) in [6.07, 6.45) is 1.07. The Morgan fingerprint density at radius 1 is 1.44 bits per heavy atom. The van der Waals surface area contributed by atoms with Gasteiger partial charge in [0.25, 0.3) is 0 Å². The van der Waals surface area contributed by atoms with Gasteiger partial charge in [0.05, 0.1) is 19.3 Å². The van der Waals surface area contributed by atoms with Crippen molar-refractivity contribution >= 4 is 11.6 Å². The Kier molecular flexibility index (Phi) is 4.36. The van der Waals surface area contributed by atoms with Crippen molar-refractivity contribution in [1.82, 2.24) is 9.97 Å². The van der Waals surface area contributed by atoms with Crippen molar-refractivity contribution < 1.29 is 4.74 Å². The molecule has 100 valence electrons. The van der Waals surface area contributed by atoms with Gasteiger partial charge in [-0.25, -0.2) is 9.97 Å². The maximum absolute atomic E-state index is 5.53. The van der Waals surface area contributed by atoms with E-state index in [1.165, 1.54) is 0 Å². The molecule has 0 aliphatic carbocycles. The van der Waals surface area contributed by atoms with Crippen LogP contribution in [0.3, 0.4) is 0 Å². The highest BCUT2D eigenvalue weighted by Crippen LogP contribution is 2.21. The van der Waals surface area contributed by atoms with Crippen LogP contribution in [0.4, 0.5) is 11.6 Å². The second-order valence-electron chi connectivity index (χ2n) is 4.52. The van der Waals surface area contributed by atoms with Crippen LogP contribution in [0.2, 0.25) is 0 Å². The van der Waals surface area contributed by atoms with Crippen molar-refractivity contribution in [2.45, 2.75) is 33.2 Å². The van der Waals surface area contributed by atoms with E-state index >= 15 is 0 Å². The minimum absolute atomic E-state index is 0.419. The van der Waals surface area contributed by atoms with Gasteiger partial charge < -0.3 is 15.0 Å². The molecule has 2 rings (SSSR count). The van der Waals surface area contributed by atoms with Gasteiger partial charge in [-0.05, 0) is 20.3 Å². The van der Waals surface area contributed by atoms with Gasteiger partial charge in [-0.15, -0.1) is 0 Å². The first kappa shape index (κ1) is 13.1. The molecule has 1 aromatic rings. The van der Waals surface area contributed by atoms with Crippen LogP contribution in [-0.2, 0) is 4.74 Å². The fourth-order valence-electron chi connectivity index (χ4n) is 2.27. The van der Waals surface area contributed by atoms with Crippen molar-refractivity contribution in [2.75, 3.05) is 36.5 Å². The Morgan fingerprint density at radius 3 is 3.00 bits per heavy atom. The van der Waals surface area contributed by atoms with Crippen LogP contribution in [0.15, 0.2) is 6.07 Å². The third-order valence-electron chi connectivity index (χ3n) is 3.18. The molecule has 2 heterocycles. The average molecular weight is 250 g/mol. The Labute approximate surface area is 109 Å². The first-order valence-electron chi connectivity index (χ1n) is 6.68. The van der Waals surface area contributed by atoms with Crippen LogP contribution in [0, 0.1) is 6.92 Å². The van der Waals surface area contributed by atoms with Crippen molar-refractivity contribution in [3.05, 3.63) is 11.9 Å². The van der Waals surface area contributed by atoms with Gasteiger partial charge in [0.15, 0.2) is 0 Å². The number of aromatic nitrogens is 2. The topological polar surface area (TPSA) is 50.3 Å². The van der Waals surface area contributed by atoms with Gasteiger partial charge in [0.1, 0.15) is 17.5 Å². The lowest BCUT2D eigenvalue weighted by molar-refractivity contribution is 0.0925. The van der Waals surface area contributed by atoms with Crippen molar-refractivity contribution in [3.63, 3.8) is 0 Å². The van der Waals surface area contributed by atoms with Crippen LogP contribution in [0.1, 0.15) is 26.1 Å². The molecule has 5 heteroatoms. The summed E-state index contributed by atoms with van der Waals surface area (Å²) < 4.78 is 5.53. The van der Waals surface area contributed by atoms with Crippen LogP contribution in [0.25, 0.3) is 0 Å². The van der Waals surface area contributed by atoms with E-state index in [9.17, 15) is 0 Å². The number of nitrogens with zero attached hydrogens (tertiary/aromatic N) is 3. The molecule has 0 aromatic carbocycles. The summed E-state index contributed by atoms with van der Waals surface area (Å²) in [5.74, 6) is 2.72. The third-order valence-corrected chi connectivity index (χ3v) is 3.18. The Morgan fingerprint density at radius 2 is 2.28 bits per heavy atom. The van der Waals surface area contributed by atoms with Crippen molar-refractivity contribution in [1.29, 1.82) is 0 Å². The molecule has 1 fully saturated rings. The van der Waals surface area contributed by atoms with E-state index in [-0.39, 0.29) is 0 Å². The Hall–Kier alpha value is -1.36. The van der Waals surface area contributed by atoms with Crippen LogP contribution < -0.4 is 10.2 Å². The Balaban J connectivity index is 2.24. The van der Waals surface area contributed by atoms with E-state index in [1.54, 1.807) is 0 Å². The molecule has 1 aliphatic rings. The number of hydrogen-bond donors (Lipinski definition) is 1. The van der Waals surface area contributed by atoms with E-state index in [0.717, 1.165) is 50.2 Å². The first-order chi connectivity index (χ1) is 8.74. The Bertz CT molecular complexity index is 397. The molecule has 1 aliphatic heterocycles. The van der Waals surface area contributed by atoms with Gasteiger partial charge in [-0.2, -0.15) is 0 Å². The monoisotopic (exact) mass is 250 g/mol. The number of ether oxygens (including phenoxy) is 1. The number of morpholine rings is 1. The van der Waals surface area contributed by atoms with Crippen LogP contribution in [-0.4, -0.2) is 42.3 Å². The number of nitrogens with one attached hydrogen (secondary N) is 1. The fraction of sp³-hybridized carbons (Fsp3) is 0.692. The molecule has 1 unspecified atom stereocenters. The largest absolute Gasteiger partial charge is 0.377 e. The zero-order chi connectivity index (χ0) is 13.0. The van der Waals surface area contributed by atoms with E-state index < -0.39 is 0 Å². The maximum atomic E-state index is 5.53. The molecule has 5 nitrogen and oxygen atoms in total. The third kappa shape index (κ3) is 2.90. The van der Waals surface area contributed by atoms with Gasteiger partial charge in [0.2, 0.25) is 0 Å². The molecule has 1 atom stereocenters. The molecule has 0 bridgehead atoms. The maximum Gasteiger partial charge on any atom is 0.134 e. The molecule has 0 amide bonds. The lowest BCUT2D eigenvalue weighted by Gasteiger charge is -2.36. The number of hydrogen-bond acceptors (Lipinski definition) is 5. The van der Waals surface area contributed by atoms with E-state index in [2.05, 4.69) is 34.0 Å². The molecule has 0 radical (unpaired) electrons. The van der Waals surface area contributed by atoms with Gasteiger partial charge >= 0.3 is 0 Å².